The molecule has 1 rings (SSSR count). The molecule has 52 valence electrons. The smallest absolute Gasteiger partial charge is 0.152 e. The fourth-order valence-corrected chi connectivity index (χ4v) is 0.649. The van der Waals surface area contributed by atoms with Crippen LogP contribution in [0.2, 0.25) is 0 Å². The summed E-state index contributed by atoms with van der Waals surface area (Å²) < 4.78 is 0. The average Bonchev–Trinajstić information content (AvgIpc) is 2.38. The lowest BCUT2D eigenvalue weighted by Gasteiger charge is -1.98. The molecule has 0 aromatic carbocycles. The summed E-state index contributed by atoms with van der Waals surface area (Å²) >= 11 is 0. The van der Waals surface area contributed by atoms with Crippen LogP contribution in [0.25, 0.3) is 0 Å². The molecule has 1 aromatic heterocycles. The van der Waals surface area contributed by atoms with Gasteiger partial charge in [0.05, 0.1) is 0 Å². The predicted molar refractivity (Wildman–Crippen MR) is 36.0 cm³/mol. The van der Waals surface area contributed by atoms with Crippen molar-refractivity contribution in [2.24, 2.45) is 0 Å². The van der Waals surface area contributed by atoms with Crippen LogP contribution in [-0.4, -0.2) is 20.6 Å². The van der Waals surface area contributed by atoms with Crippen molar-refractivity contribution < 1.29 is 0 Å². The van der Waals surface area contributed by atoms with Crippen LogP contribution < -0.4 is 0 Å². The Morgan fingerprint density at radius 1 is 1.80 bits per heavy atom. The van der Waals surface area contributed by atoms with Crippen molar-refractivity contribution in [3.63, 3.8) is 0 Å². The second kappa shape index (κ2) is 2.97. The standard InChI is InChI=1S/C6H8N4/c1-3-4-5(2)6-7-9-10-8-6/h1,5H,4H2,2H3,(H,7,8,9,10)/t5-/m0/s1. The predicted octanol–water partition coefficient (Wildman–Crippen LogP) is 0.326. The lowest BCUT2D eigenvalue weighted by Crippen LogP contribution is -1.94. The van der Waals surface area contributed by atoms with Crippen LogP contribution in [0, 0.1) is 12.3 Å². The largest absolute Gasteiger partial charge is 0.243 e. The Hall–Kier alpha value is -1.37. The Balaban J connectivity index is 2.61. The van der Waals surface area contributed by atoms with Crippen molar-refractivity contribution in [2.45, 2.75) is 19.3 Å². The van der Waals surface area contributed by atoms with Gasteiger partial charge in [0.2, 0.25) is 0 Å². The number of aromatic nitrogens is 4. The third-order valence-corrected chi connectivity index (χ3v) is 1.25. The quantitative estimate of drug-likeness (QED) is 0.596. The first-order valence-corrected chi connectivity index (χ1v) is 3.01. The van der Waals surface area contributed by atoms with Crippen LogP contribution in [0.15, 0.2) is 0 Å². The second-order valence-corrected chi connectivity index (χ2v) is 2.10. The monoisotopic (exact) mass is 136 g/mol. The molecular weight excluding hydrogens is 128 g/mol. The highest BCUT2D eigenvalue weighted by Crippen LogP contribution is 2.10. The molecule has 1 N–H and O–H groups in total. The molecule has 0 amide bonds. The highest BCUT2D eigenvalue weighted by atomic mass is 15.5. The Kier molecular flexibility index (Phi) is 2.00. The Morgan fingerprint density at radius 2 is 2.60 bits per heavy atom. The molecule has 0 aliphatic heterocycles. The summed E-state index contributed by atoms with van der Waals surface area (Å²) in [6.07, 6.45) is 5.77. The Morgan fingerprint density at radius 3 is 3.10 bits per heavy atom. The third-order valence-electron chi connectivity index (χ3n) is 1.25. The van der Waals surface area contributed by atoms with Crippen molar-refractivity contribution >= 4 is 0 Å². The van der Waals surface area contributed by atoms with Crippen LogP contribution in [0.1, 0.15) is 25.1 Å². The first kappa shape index (κ1) is 6.75. The number of H-pyrrole nitrogens is 1. The highest BCUT2D eigenvalue weighted by molar-refractivity contribution is 4.97. The van der Waals surface area contributed by atoms with Gasteiger partial charge >= 0.3 is 0 Å². The number of hydrogen-bond donors (Lipinski definition) is 1. The fraction of sp³-hybridized carbons (Fsp3) is 0.500. The molecule has 0 fully saturated rings. The normalized spacial score (nSPS) is 12.4. The highest BCUT2D eigenvalue weighted by Gasteiger charge is 2.06. The van der Waals surface area contributed by atoms with Crippen molar-refractivity contribution in [2.75, 3.05) is 0 Å². The summed E-state index contributed by atoms with van der Waals surface area (Å²) in [5, 5.41) is 13.2. The maximum atomic E-state index is 5.10. The van der Waals surface area contributed by atoms with E-state index in [0.29, 0.717) is 6.42 Å². The number of nitrogens with zero attached hydrogens (tertiary/aromatic N) is 3. The van der Waals surface area contributed by atoms with E-state index in [1.54, 1.807) is 0 Å². The molecule has 1 aromatic rings. The van der Waals surface area contributed by atoms with E-state index < -0.39 is 0 Å². The van der Waals surface area contributed by atoms with Gasteiger partial charge in [-0.3, -0.25) is 0 Å². The van der Waals surface area contributed by atoms with E-state index >= 15 is 0 Å². The van der Waals surface area contributed by atoms with Gasteiger partial charge in [-0.15, -0.1) is 17.4 Å². The number of aromatic amines is 1. The lowest BCUT2D eigenvalue weighted by atomic mass is 10.1. The Bertz CT molecular complexity index is 220. The first-order chi connectivity index (χ1) is 4.84. The van der Waals surface area contributed by atoms with Gasteiger partial charge in [-0.25, -0.2) is 5.10 Å². The number of terminal acetylenes is 1. The lowest BCUT2D eigenvalue weighted by molar-refractivity contribution is 0.727. The molecule has 4 heteroatoms. The zero-order valence-electron chi connectivity index (χ0n) is 5.70. The maximum Gasteiger partial charge on any atom is 0.152 e. The minimum atomic E-state index is 0.222. The van der Waals surface area contributed by atoms with Gasteiger partial charge in [-0.1, -0.05) is 6.92 Å². The van der Waals surface area contributed by atoms with Crippen molar-refractivity contribution in [3.05, 3.63) is 5.82 Å². The Labute approximate surface area is 59.0 Å². The van der Waals surface area contributed by atoms with Crippen molar-refractivity contribution in [3.8, 4) is 12.3 Å². The molecule has 4 nitrogen and oxygen atoms in total. The van der Waals surface area contributed by atoms with Crippen LogP contribution >= 0.6 is 0 Å². The molecular formula is C6H8N4. The molecule has 0 bridgehead atoms. The van der Waals surface area contributed by atoms with E-state index in [4.69, 9.17) is 6.42 Å². The van der Waals surface area contributed by atoms with E-state index in [1.165, 1.54) is 0 Å². The minimum absolute atomic E-state index is 0.222. The van der Waals surface area contributed by atoms with Gasteiger partial charge in [0, 0.05) is 12.3 Å². The summed E-state index contributed by atoms with van der Waals surface area (Å²) in [6.45, 7) is 1.97. The number of tetrazole rings is 1. The zero-order chi connectivity index (χ0) is 7.40. The first-order valence-electron chi connectivity index (χ1n) is 3.01. The van der Waals surface area contributed by atoms with Gasteiger partial charge in [0.25, 0.3) is 0 Å². The van der Waals surface area contributed by atoms with Crippen molar-refractivity contribution in [1.82, 2.24) is 20.6 Å². The van der Waals surface area contributed by atoms with E-state index in [2.05, 4.69) is 26.5 Å². The van der Waals surface area contributed by atoms with Gasteiger partial charge in [-0.2, -0.15) is 0 Å². The van der Waals surface area contributed by atoms with Crippen LogP contribution in [0.4, 0.5) is 0 Å². The van der Waals surface area contributed by atoms with E-state index in [9.17, 15) is 0 Å². The number of nitrogens with one attached hydrogen (secondary N) is 1. The molecule has 1 atom stereocenters. The van der Waals surface area contributed by atoms with Gasteiger partial charge < -0.3 is 0 Å². The molecule has 0 radical (unpaired) electrons. The molecule has 0 aliphatic carbocycles. The number of rotatable bonds is 2. The summed E-state index contributed by atoms with van der Waals surface area (Å²) in [4.78, 5) is 0. The van der Waals surface area contributed by atoms with Crippen LogP contribution in [-0.2, 0) is 0 Å². The molecule has 0 unspecified atom stereocenters. The SMILES string of the molecule is C#CC[C@H](C)c1nnn[nH]1. The molecule has 0 saturated heterocycles. The second-order valence-electron chi connectivity index (χ2n) is 2.10. The van der Waals surface area contributed by atoms with Crippen LogP contribution in [0.5, 0.6) is 0 Å². The molecule has 0 aliphatic rings. The van der Waals surface area contributed by atoms with Gasteiger partial charge in [0.1, 0.15) is 0 Å². The molecule has 0 spiro atoms. The zero-order valence-corrected chi connectivity index (χ0v) is 5.70. The van der Waals surface area contributed by atoms with E-state index in [0.717, 1.165) is 5.82 Å². The molecule has 1 heterocycles. The maximum absolute atomic E-state index is 5.10. The van der Waals surface area contributed by atoms with Gasteiger partial charge in [0.15, 0.2) is 5.82 Å². The summed E-state index contributed by atoms with van der Waals surface area (Å²) in [5.74, 6) is 3.51. The fourth-order valence-electron chi connectivity index (χ4n) is 0.649. The van der Waals surface area contributed by atoms with E-state index in [1.807, 2.05) is 6.92 Å². The van der Waals surface area contributed by atoms with E-state index in [-0.39, 0.29) is 5.92 Å². The summed E-state index contributed by atoms with van der Waals surface area (Å²) in [5.41, 5.74) is 0. The van der Waals surface area contributed by atoms with Crippen LogP contribution in [0.3, 0.4) is 0 Å². The minimum Gasteiger partial charge on any atom is -0.243 e. The topological polar surface area (TPSA) is 54.5 Å². The van der Waals surface area contributed by atoms with Gasteiger partial charge in [-0.05, 0) is 10.4 Å². The summed E-state index contributed by atoms with van der Waals surface area (Å²) in [6, 6.07) is 0. The molecule has 0 saturated carbocycles. The molecule has 10 heavy (non-hydrogen) atoms. The summed E-state index contributed by atoms with van der Waals surface area (Å²) in [7, 11) is 0. The number of hydrogen-bond acceptors (Lipinski definition) is 3. The third kappa shape index (κ3) is 1.32. The van der Waals surface area contributed by atoms with Crippen molar-refractivity contribution in [1.29, 1.82) is 0 Å². The average molecular weight is 136 g/mol.